The van der Waals surface area contributed by atoms with Gasteiger partial charge in [0.25, 0.3) is 0 Å². The minimum atomic E-state index is -3.41. The summed E-state index contributed by atoms with van der Waals surface area (Å²) in [4.78, 5) is 11.7. The molecule has 0 aliphatic heterocycles. The minimum Gasteiger partial charge on any atom is -0.352 e. The van der Waals surface area contributed by atoms with Crippen molar-refractivity contribution in [3.05, 3.63) is 29.8 Å². The molecule has 0 atom stereocenters. The summed E-state index contributed by atoms with van der Waals surface area (Å²) in [5.41, 5.74) is 0.887. The minimum absolute atomic E-state index is 0.0114. The number of amides is 1. The number of carbonyl (C=O) groups excluding carboxylic acids is 1. The van der Waals surface area contributed by atoms with Gasteiger partial charge in [0.2, 0.25) is 15.9 Å². The second-order valence-corrected chi connectivity index (χ2v) is 6.70. The molecule has 0 saturated carbocycles. The van der Waals surface area contributed by atoms with Crippen molar-refractivity contribution in [2.24, 2.45) is 0 Å². The van der Waals surface area contributed by atoms with E-state index >= 15 is 0 Å². The largest absolute Gasteiger partial charge is 0.352 e. The van der Waals surface area contributed by atoms with E-state index < -0.39 is 10.0 Å². The topological polar surface area (TPSA) is 66.5 Å². The quantitative estimate of drug-likeness (QED) is 0.799. The fourth-order valence-electron chi connectivity index (χ4n) is 2.01. The smallest absolute Gasteiger partial charge is 0.243 e. The van der Waals surface area contributed by atoms with Gasteiger partial charge in [0, 0.05) is 26.1 Å². The molecule has 6 heteroatoms. The Labute approximate surface area is 127 Å². The summed E-state index contributed by atoms with van der Waals surface area (Å²) >= 11 is 0. The highest BCUT2D eigenvalue weighted by atomic mass is 32.2. The number of sulfonamides is 1. The Hall–Kier alpha value is -1.40. The van der Waals surface area contributed by atoms with E-state index in [-0.39, 0.29) is 10.8 Å². The molecule has 1 aromatic carbocycles. The molecular formula is C15H24N2O3S. The summed E-state index contributed by atoms with van der Waals surface area (Å²) in [6, 6.07) is 6.66. The van der Waals surface area contributed by atoms with Gasteiger partial charge < -0.3 is 5.32 Å². The van der Waals surface area contributed by atoms with E-state index in [1.807, 2.05) is 20.8 Å². The second kappa shape index (κ2) is 8.14. The van der Waals surface area contributed by atoms with Gasteiger partial charge in [-0.3, -0.25) is 4.79 Å². The van der Waals surface area contributed by atoms with Crippen LogP contribution >= 0.6 is 0 Å². The summed E-state index contributed by atoms with van der Waals surface area (Å²) < 4.78 is 26.0. The molecule has 0 aromatic heterocycles. The van der Waals surface area contributed by atoms with Crippen molar-refractivity contribution in [2.75, 3.05) is 13.1 Å². The first-order chi connectivity index (χ1) is 9.95. The maximum absolute atomic E-state index is 12.3. The lowest BCUT2D eigenvalue weighted by Crippen LogP contribution is -2.30. The van der Waals surface area contributed by atoms with Crippen molar-refractivity contribution >= 4 is 15.9 Å². The van der Waals surface area contributed by atoms with E-state index in [9.17, 15) is 13.2 Å². The summed E-state index contributed by atoms with van der Waals surface area (Å²) in [5, 5.41) is 2.80. The molecule has 1 aromatic rings. The highest BCUT2D eigenvalue weighted by molar-refractivity contribution is 7.89. The van der Waals surface area contributed by atoms with Gasteiger partial charge in [-0.1, -0.05) is 32.9 Å². The Kier molecular flexibility index (Phi) is 6.84. The van der Waals surface area contributed by atoms with Crippen LogP contribution in [0, 0.1) is 0 Å². The monoisotopic (exact) mass is 312 g/mol. The molecule has 0 aliphatic carbocycles. The van der Waals surface area contributed by atoms with Gasteiger partial charge in [-0.15, -0.1) is 0 Å². The van der Waals surface area contributed by atoms with E-state index in [0.29, 0.717) is 26.1 Å². The molecule has 0 bridgehead atoms. The van der Waals surface area contributed by atoms with Gasteiger partial charge in [0.1, 0.15) is 0 Å². The molecule has 0 fully saturated rings. The van der Waals surface area contributed by atoms with E-state index in [2.05, 4.69) is 5.32 Å². The average Bonchev–Trinajstić information content (AvgIpc) is 2.47. The Morgan fingerprint density at radius 3 is 2.14 bits per heavy atom. The molecule has 0 saturated heterocycles. The number of nitrogens with one attached hydrogen (secondary N) is 1. The van der Waals surface area contributed by atoms with Crippen LogP contribution in [0.4, 0.5) is 0 Å². The predicted octanol–water partition coefficient (Wildman–Crippen LogP) is 2.13. The molecule has 0 aliphatic rings. The fraction of sp³-hybridized carbons (Fsp3) is 0.533. The van der Waals surface area contributed by atoms with Gasteiger partial charge in [0.05, 0.1) is 4.90 Å². The third kappa shape index (κ3) is 4.82. The first-order valence-electron chi connectivity index (χ1n) is 7.31. The Morgan fingerprint density at radius 1 is 1.10 bits per heavy atom. The molecule has 5 nitrogen and oxygen atoms in total. The molecule has 1 amide bonds. The summed E-state index contributed by atoms with van der Waals surface area (Å²) in [6.07, 6.45) is 1.32. The van der Waals surface area contributed by atoms with E-state index in [1.165, 1.54) is 4.31 Å². The van der Waals surface area contributed by atoms with Gasteiger partial charge in [0.15, 0.2) is 0 Å². The lowest BCUT2D eigenvalue weighted by Gasteiger charge is -2.18. The van der Waals surface area contributed by atoms with Gasteiger partial charge in [-0.05, 0) is 24.1 Å². The molecule has 21 heavy (non-hydrogen) atoms. The highest BCUT2D eigenvalue weighted by Gasteiger charge is 2.21. The van der Waals surface area contributed by atoms with Crippen molar-refractivity contribution in [3.63, 3.8) is 0 Å². The lowest BCUT2D eigenvalue weighted by molar-refractivity contribution is -0.121. The highest BCUT2D eigenvalue weighted by Crippen LogP contribution is 2.16. The number of carbonyl (C=O) groups is 1. The molecule has 118 valence electrons. The van der Waals surface area contributed by atoms with Gasteiger partial charge in [-0.25, -0.2) is 8.42 Å². The van der Waals surface area contributed by atoms with Crippen LogP contribution in [0.3, 0.4) is 0 Å². The van der Waals surface area contributed by atoms with E-state index in [1.54, 1.807) is 24.3 Å². The molecular weight excluding hydrogens is 288 g/mol. The van der Waals surface area contributed by atoms with Crippen LogP contribution in [0.15, 0.2) is 29.2 Å². The predicted molar refractivity (Wildman–Crippen MR) is 83.3 cm³/mol. The first-order valence-corrected chi connectivity index (χ1v) is 8.75. The number of nitrogens with zero attached hydrogens (tertiary/aromatic N) is 1. The number of hydrogen-bond acceptors (Lipinski definition) is 3. The number of rotatable bonds is 8. The maximum Gasteiger partial charge on any atom is 0.243 e. The van der Waals surface area contributed by atoms with E-state index in [0.717, 1.165) is 12.0 Å². The van der Waals surface area contributed by atoms with Crippen LogP contribution in [0.2, 0.25) is 0 Å². The van der Waals surface area contributed by atoms with Crippen molar-refractivity contribution in [3.8, 4) is 0 Å². The third-order valence-corrected chi connectivity index (χ3v) is 5.30. The molecule has 1 rings (SSSR count). The summed E-state index contributed by atoms with van der Waals surface area (Å²) in [6.45, 7) is 6.91. The molecule has 0 unspecified atom stereocenters. The zero-order valence-corrected chi connectivity index (χ0v) is 13.7. The third-order valence-electron chi connectivity index (χ3n) is 3.23. The van der Waals surface area contributed by atoms with Crippen LogP contribution in [0.1, 0.15) is 39.2 Å². The Balaban J connectivity index is 2.76. The maximum atomic E-state index is 12.3. The van der Waals surface area contributed by atoms with Gasteiger partial charge >= 0.3 is 0 Å². The zero-order chi connectivity index (χ0) is 15.9. The second-order valence-electron chi connectivity index (χ2n) is 4.76. The first kappa shape index (κ1) is 17.7. The average molecular weight is 312 g/mol. The van der Waals surface area contributed by atoms with Crippen molar-refractivity contribution in [1.29, 1.82) is 0 Å². The molecule has 1 N–H and O–H groups in total. The molecule has 0 radical (unpaired) electrons. The van der Waals surface area contributed by atoms with Crippen LogP contribution in [0.5, 0.6) is 0 Å². The van der Waals surface area contributed by atoms with Crippen LogP contribution in [-0.4, -0.2) is 31.7 Å². The number of benzene rings is 1. The van der Waals surface area contributed by atoms with Crippen LogP contribution < -0.4 is 5.32 Å². The molecule has 0 spiro atoms. The van der Waals surface area contributed by atoms with Crippen LogP contribution in [-0.2, 0) is 21.4 Å². The SMILES string of the molecule is CCCC(=O)NCc1ccc(S(=O)(=O)N(CC)CC)cc1. The van der Waals surface area contributed by atoms with Crippen molar-refractivity contribution in [2.45, 2.75) is 45.1 Å². The molecule has 0 heterocycles. The van der Waals surface area contributed by atoms with Crippen LogP contribution in [0.25, 0.3) is 0 Å². The zero-order valence-electron chi connectivity index (χ0n) is 12.9. The lowest BCUT2D eigenvalue weighted by atomic mass is 10.2. The Bertz CT molecular complexity index is 549. The van der Waals surface area contributed by atoms with Crippen molar-refractivity contribution < 1.29 is 13.2 Å². The Morgan fingerprint density at radius 2 is 1.67 bits per heavy atom. The summed E-state index contributed by atoms with van der Waals surface area (Å²) in [7, 11) is -3.41. The van der Waals surface area contributed by atoms with E-state index in [4.69, 9.17) is 0 Å². The van der Waals surface area contributed by atoms with Crippen molar-refractivity contribution in [1.82, 2.24) is 9.62 Å². The van der Waals surface area contributed by atoms with Gasteiger partial charge in [-0.2, -0.15) is 4.31 Å². The fourth-order valence-corrected chi connectivity index (χ4v) is 3.47. The summed E-state index contributed by atoms with van der Waals surface area (Å²) in [5.74, 6) is 0.0114. The normalized spacial score (nSPS) is 11.6. The number of hydrogen-bond donors (Lipinski definition) is 1. The standard InChI is InChI=1S/C15H24N2O3S/c1-4-7-15(18)16-12-13-8-10-14(11-9-13)21(19,20)17(5-2)6-3/h8-11H,4-7,12H2,1-3H3,(H,16,18).